The van der Waals surface area contributed by atoms with Crippen molar-refractivity contribution < 1.29 is 14.3 Å². The number of likely N-dealkylation sites (tertiary alicyclic amines) is 1. The van der Waals surface area contributed by atoms with Crippen molar-refractivity contribution in [1.29, 1.82) is 0 Å². The summed E-state index contributed by atoms with van der Waals surface area (Å²) in [5, 5.41) is 0. The highest BCUT2D eigenvalue weighted by Gasteiger charge is 2.45. The van der Waals surface area contributed by atoms with Gasteiger partial charge in [0.2, 0.25) is 0 Å². The molecular formula is C23H24N2O3. The molecule has 28 heavy (non-hydrogen) atoms. The normalized spacial score (nSPS) is 24.1. The summed E-state index contributed by atoms with van der Waals surface area (Å²) in [5.41, 5.74) is 2.46. The molecule has 0 aliphatic carbocycles. The van der Waals surface area contributed by atoms with E-state index in [0.717, 1.165) is 43.4 Å². The van der Waals surface area contributed by atoms with Gasteiger partial charge in [-0.15, -0.1) is 0 Å². The summed E-state index contributed by atoms with van der Waals surface area (Å²) in [7, 11) is 0. The summed E-state index contributed by atoms with van der Waals surface area (Å²) in [5.74, 6) is 0. The van der Waals surface area contributed by atoms with E-state index < -0.39 is 0 Å². The number of carbonyl (C=O) groups is 1. The first-order valence-electron chi connectivity index (χ1n) is 9.78. The van der Waals surface area contributed by atoms with Crippen molar-refractivity contribution in [3.8, 4) is 0 Å². The first-order chi connectivity index (χ1) is 13.7. The van der Waals surface area contributed by atoms with Crippen LogP contribution in [0, 0.1) is 6.57 Å². The van der Waals surface area contributed by atoms with Gasteiger partial charge >= 0.3 is 6.09 Å². The van der Waals surface area contributed by atoms with E-state index >= 15 is 0 Å². The molecule has 1 amide bonds. The lowest BCUT2D eigenvalue weighted by Gasteiger charge is -2.44. The van der Waals surface area contributed by atoms with Gasteiger partial charge in [0.25, 0.3) is 0 Å². The number of hydrogen-bond donors (Lipinski definition) is 0. The Hall–Kier alpha value is -2.84. The zero-order valence-electron chi connectivity index (χ0n) is 15.8. The molecule has 2 aliphatic rings. The Morgan fingerprint density at radius 3 is 2.64 bits per heavy atom. The Bertz CT molecular complexity index is 852. The van der Waals surface area contributed by atoms with E-state index in [1.54, 1.807) is 0 Å². The number of rotatable bonds is 3. The van der Waals surface area contributed by atoms with Crippen molar-refractivity contribution in [2.45, 2.75) is 43.9 Å². The summed E-state index contributed by atoms with van der Waals surface area (Å²) < 4.78 is 11.7. The first-order valence-corrected chi connectivity index (χ1v) is 9.78. The van der Waals surface area contributed by atoms with Crippen molar-refractivity contribution in [3.05, 3.63) is 77.1 Å². The molecule has 2 unspecified atom stereocenters. The molecule has 1 spiro atoms. The van der Waals surface area contributed by atoms with Crippen LogP contribution in [0.3, 0.4) is 0 Å². The van der Waals surface area contributed by atoms with Gasteiger partial charge in [-0.05, 0) is 30.4 Å². The van der Waals surface area contributed by atoms with E-state index in [4.69, 9.17) is 16.0 Å². The maximum atomic E-state index is 12.9. The molecule has 0 saturated carbocycles. The van der Waals surface area contributed by atoms with E-state index in [2.05, 4.69) is 4.85 Å². The third kappa shape index (κ3) is 3.88. The maximum Gasteiger partial charge on any atom is 0.410 e. The Kier molecular flexibility index (Phi) is 5.31. The fraction of sp³-hybridized carbons (Fsp3) is 0.391. The summed E-state index contributed by atoms with van der Waals surface area (Å²) in [6.07, 6.45) is 3.42. The van der Waals surface area contributed by atoms with E-state index in [0.29, 0.717) is 12.2 Å². The van der Waals surface area contributed by atoms with Crippen LogP contribution in [-0.4, -0.2) is 29.7 Å². The van der Waals surface area contributed by atoms with Crippen LogP contribution in [0.25, 0.3) is 4.85 Å². The zero-order valence-corrected chi connectivity index (χ0v) is 15.8. The minimum Gasteiger partial charge on any atom is -0.445 e. The second kappa shape index (κ2) is 8.04. The van der Waals surface area contributed by atoms with E-state index in [1.165, 1.54) is 0 Å². The number of amides is 1. The van der Waals surface area contributed by atoms with Gasteiger partial charge in [0.1, 0.15) is 6.61 Å². The molecule has 2 fully saturated rings. The number of nitrogens with zero attached hydrogens (tertiary/aromatic N) is 2. The third-order valence-electron chi connectivity index (χ3n) is 5.78. The minimum absolute atomic E-state index is 0.102. The predicted octanol–water partition coefficient (Wildman–Crippen LogP) is 5.26. The Morgan fingerprint density at radius 2 is 1.96 bits per heavy atom. The molecule has 2 aromatic rings. The fourth-order valence-corrected chi connectivity index (χ4v) is 4.25. The number of carbonyl (C=O) groups excluding carboxylic acids is 1. The van der Waals surface area contributed by atoms with Gasteiger partial charge in [0, 0.05) is 19.6 Å². The van der Waals surface area contributed by atoms with E-state index in [1.807, 2.05) is 59.5 Å². The summed E-state index contributed by atoms with van der Waals surface area (Å²) >= 11 is 0. The molecule has 2 aromatic carbocycles. The summed E-state index contributed by atoms with van der Waals surface area (Å²) in [6.45, 7) is 8.83. The molecule has 144 valence electrons. The van der Waals surface area contributed by atoms with Gasteiger partial charge in [0.05, 0.1) is 18.2 Å². The third-order valence-corrected chi connectivity index (χ3v) is 5.78. The van der Waals surface area contributed by atoms with Gasteiger partial charge in [-0.2, -0.15) is 0 Å². The van der Waals surface area contributed by atoms with Crippen LogP contribution in [0.1, 0.15) is 42.9 Å². The van der Waals surface area contributed by atoms with Crippen LogP contribution in [-0.2, 0) is 16.1 Å². The molecule has 2 aliphatic heterocycles. The highest BCUT2D eigenvalue weighted by atomic mass is 16.6. The minimum atomic E-state index is -0.295. The Balaban J connectivity index is 1.53. The molecule has 0 N–H and O–H groups in total. The summed E-state index contributed by atoms with van der Waals surface area (Å²) in [4.78, 5) is 18.2. The van der Waals surface area contributed by atoms with Crippen molar-refractivity contribution in [1.82, 2.24) is 4.90 Å². The van der Waals surface area contributed by atoms with Gasteiger partial charge in [0.15, 0.2) is 5.69 Å². The lowest BCUT2D eigenvalue weighted by atomic mass is 9.82. The Labute approximate surface area is 165 Å². The number of ether oxygens (including phenoxy) is 2. The highest BCUT2D eigenvalue weighted by Crippen LogP contribution is 2.44. The molecule has 2 atom stereocenters. The standard InChI is InChI=1S/C23H24N2O3/c1-24-20-10-8-19(9-11-20)21-16-23(12-5-15-28-23)13-14-25(21)22(26)27-17-18-6-3-2-4-7-18/h2-4,6-11,21H,5,12-17H2. The van der Waals surface area contributed by atoms with Crippen LogP contribution < -0.4 is 0 Å². The lowest BCUT2D eigenvalue weighted by Crippen LogP contribution is -2.48. The van der Waals surface area contributed by atoms with Crippen molar-refractivity contribution in [2.24, 2.45) is 0 Å². The SMILES string of the molecule is [C-]#[N+]c1ccc(C2CC3(CCCO3)CCN2C(=O)OCc2ccccc2)cc1. The highest BCUT2D eigenvalue weighted by molar-refractivity contribution is 5.69. The first kappa shape index (κ1) is 18.5. The van der Waals surface area contributed by atoms with Crippen molar-refractivity contribution >= 4 is 11.8 Å². The van der Waals surface area contributed by atoms with Crippen LogP contribution in [0.5, 0.6) is 0 Å². The maximum absolute atomic E-state index is 12.9. The second-order valence-corrected chi connectivity index (χ2v) is 7.54. The second-order valence-electron chi connectivity index (χ2n) is 7.54. The molecule has 0 bridgehead atoms. The van der Waals surface area contributed by atoms with Gasteiger partial charge < -0.3 is 14.4 Å². The number of benzene rings is 2. The van der Waals surface area contributed by atoms with Crippen molar-refractivity contribution in [3.63, 3.8) is 0 Å². The monoisotopic (exact) mass is 376 g/mol. The average Bonchev–Trinajstić information content (AvgIpc) is 3.20. The smallest absolute Gasteiger partial charge is 0.410 e. The topological polar surface area (TPSA) is 43.1 Å². The number of piperidine rings is 1. The molecule has 4 rings (SSSR count). The molecule has 0 aromatic heterocycles. The van der Waals surface area contributed by atoms with Crippen LogP contribution >= 0.6 is 0 Å². The average molecular weight is 376 g/mol. The van der Waals surface area contributed by atoms with Gasteiger partial charge in [-0.25, -0.2) is 9.64 Å². The molecule has 2 saturated heterocycles. The molecule has 5 heteroatoms. The predicted molar refractivity (Wildman–Crippen MR) is 106 cm³/mol. The Morgan fingerprint density at radius 1 is 1.18 bits per heavy atom. The molecule has 5 nitrogen and oxygen atoms in total. The molecular weight excluding hydrogens is 352 g/mol. The molecule has 0 radical (unpaired) electrons. The van der Waals surface area contributed by atoms with Crippen LogP contribution in [0.15, 0.2) is 54.6 Å². The van der Waals surface area contributed by atoms with Crippen LogP contribution in [0.4, 0.5) is 10.5 Å². The lowest BCUT2D eigenvalue weighted by molar-refractivity contribution is -0.0625. The van der Waals surface area contributed by atoms with Gasteiger partial charge in [-0.3, -0.25) is 0 Å². The fourth-order valence-electron chi connectivity index (χ4n) is 4.25. The van der Waals surface area contributed by atoms with E-state index in [-0.39, 0.29) is 24.3 Å². The molecule has 2 heterocycles. The van der Waals surface area contributed by atoms with Crippen molar-refractivity contribution in [2.75, 3.05) is 13.2 Å². The summed E-state index contributed by atoms with van der Waals surface area (Å²) in [6, 6.07) is 17.1. The van der Waals surface area contributed by atoms with Crippen LogP contribution in [0.2, 0.25) is 0 Å². The largest absolute Gasteiger partial charge is 0.445 e. The van der Waals surface area contributed by atoms with E-state index in [9.17, 15) is 4.79 Å². The number of hydrogen-bond acceptors (Lipinski definition) is 3. The van der Waals surface area contributed by atoms with Gasteiger partial charge in [-0.1, -0.05) is 54.6 Å². The zero-order chi connectivity index (χ0) is 19.4. The quantitative estimate of drug-likeness (QED) is 0.686.